The van der Waals surface area contributed by atoms with Gasteiger partial charge in [0.2, 0.25) is 0 Å². The van der Waals surface area contributed by atoms with Crippen LogP contribution < -0.4 is 4.74 Å². The molecule has 0 spiro atoms. The number of hydrogen-bond donors (Lipinski definition) is 0. The van der Waals surface area contributed by atoms with Gasteiger partial charge >= 0.3 is 18.0 Å². The normalized spacial score (nSPS) is 16.1. The maximum Gasteiger partial charge on any atom is 0.533 e. The van der Waals surface area contributed by atoms with Crippen LogP contribution in [0.5, 0.6) is 5.88 Å². The highest BCUT2D eigenvalue weighted by molar-refractivity contribution is 5.36. The summed E-state index contributed by atoms with van der Waals surface area (Å²) in [4.78, 5) is 9.93. The molecular weight excluding hydrogens is 239 g/mol. The van der Waals surface area contributed by atoms with Crippen molar-refractivity contribution in [1.82, 2.24) is 9.97 Å². The minimum Gasteiger partial charge on any atom is -0.457 e. The van der Waals surface area contributed by atoms with E-state index in [1.54, 1.807) is 0 Å². The van der Waals surface area contributed by atoms with Crippen LogP contribution in [-0.2, 0) is 10.9 Å². The third-order valence-electron chi connectivity index (χ3n) is 2.05. The van der Waals surface area contributed by atoms with Crippen molar-refractivity contribution in [2.24, 2.45) is 0 Å². The lowest BCUT2D eigenvalue weighted by Gasteiger charge is -2.25. The van der Waals surface area contributed by atoms with Gasteiger partial charge < -0.3 is 9.47 Å². The summed E-state index contributed by atoms with van der Waals surface area (Å²) >= 11 is 0. The summed E-state index contributed by atoms with van der Waals surface area (Å²) in [5.74, 6) is -0.849. The fraction of sp³-hybridized carbons (Fsp3) is 0.444. The van der Waals surface area contributed by atoms with Crippen molar-refractivity contribution >= 4 is 5.95 Å². The summed E-state index contributed by atoms with van der Waals surface area (Å²) in [6.07, 6.45) is -4.43. The van der Waals surface area contributed by atoms with Crippen LogP contribution in [0.15, 0.2) is 6.20 Å². The van der Waals surface area contributed by atoms with E-state index in [1.807, 2.05) is 0 Å². The molecule has 0 aromatic carbocycles. The molecule has 1 saturated heterocycles. The standard InChI is InChI=1S/C9H7F3N3O2/c1-13-8-14-2-6(9(10,11)12)7(15-8)17-5-3-16-4-5/h1-2,5H,3-4H2/q+1. The molecule has 1 aromatic heterocycles. The van der Waals surface area contributed by atoms with E-state index in [0.29, 0.717) is 6.20 Å². The largest absolute Gasteiger partial charge is 0.533 e. The lowest BCUT2D eigenvalue weighted by Crippen LogP contribution is -2.39. The predicted molar refractivity (Wildman–Crippen MR) is 50.2 cm³/mol. The molecular formula is C9H7F3N3O2+. The fourth-order valence-corrected chi connectivity index (χ4v) is 1.14. The molecule has 1 aliphatic rings. The summed E-state index contributed by atoms with van der Waals surface area (Å²) < 4.78 is 47.6. The van der Waals surface area contributed by atoms with Crippen molar-refractivity contribution < 1.29 is 22.6 Å². The number of nitrogens with zero attached hydrogens (tertiary/aromatic N) is 3. The Kier molecular flexibility index (Phi) is 2.85. The Bertz CT molecular complexity index is 466. The summed E-state index contributed by atoms with van der Waals surface area (Å²) in [5.41, 5.74) is -1.06. The van der Waals surface area contributed by atoms with Gasteiger partial charge in [0.1, 0.15) is 18.9 Å². The zero-order chi connectivity index (χ0) is 12.5. The van der Waals surface area contributed by atoms with Crippen LogP contribution in [0, 0.1) is 6.57 Å². The molecule has 1 fully saturated rings. The molecule has 0 N–H and O–H groups in total. The zero-order valence-electron chi connectivity index (χ0n) is 8.44. The lowest BCUT2D eigenvalue weighted by molar-refractivity contribution is -0.142. The van der Waals surface area contributed by atoms with E-state index < -0.39 is 23.7 Å². The Balaban J connectivity index is 2.33. The Morgan fingerprint density at radius 3 is 2.65 bits per heavy atom. The van der Waals surface area contributed by atoms with Gasteiger partial charge in [-0.05, 0) is 4.98 Å². The van der Waals surface area contributed by atoms with Gasteiger partial charge in [0, 0.05) is 0 Å². The highest BCUT2D eigenvalue weighted by Gasteiger charge is 2.40. The van der Waals surface area contributed by atoms with Crippen LogP contribution >= 0.6 is 0 Å². The third-order valence-corrected chi connectivity index (χ3v) is 2.05. The maximum atomic E-state index is 12.6. The minimum atomic E-state index is -4.59. The first-order chi connectivity index (χ1) is 8.00. The third kappa shape index (κ3) is 2.45. The van der Waals surface area contributed by atoms with E-state index in [1.165, 1.54) is 0 Å². The first kappa shape index (κ1) is 11.6. The lowest BCUT2D eigenvalue weighted by atomic mass is 10.3. The second-order valence-corrected chi connectivity index (χ2v) is 3.29. The SMILES string of the molecule is C#[N+]c1ncc(C(F)(F)F)c(OC2COC2)n1. The molecule has 8 heteroatoms. The van der Waals surface area contributed by atoms with Crippen LogP contribution in [-0.4, -0.2) is 29.3 Å². The van der Waals surface area contributed by atoms with E-state index in [-0.39, 0.29) is 19.2 Å². The van der Waals surface area contributed by atoms with E-state index in [4.69, 9.17) is 16.0 Å². The molecule has 0 atom stereocenters. The average Bonchev–Trinajstić information content (AvgIpc) is 2.21. The number of aromatic nitrogens is 2. The van der Waals surface area contributed by atoms with Gasteiger partial charge in [0.15, 0.2) is 5.56 Å². The van der Waals surface area contributed by atoms with Crippen LogP contribution in [0.1, 0.15) is 5.56 Å². The van der Waals surface area contributed by atoms with Crippen LogP contribution in [0.4, 0.5) is 19.1 Å². The molecule has 2 rings (SSSR count). The number of hydrogen-bond acceptors (Lipinski definition) is 4. The smallest absolute Gasteiger partial charge is 0.457 e. The average molecular weight is 246 g/mol. The van der Waals surface area contributed by atoms with Crippen LogP contribution in [0.2, 0.25) is 0 Å². The summed E-state index contributed by atoms with van der Waals surface area (Å²) in [5, 5.41) is 0. The van der Waals surface area contributed by atoms with Gasteiger partial charge in [-0.2, -0.15) is 18.0 Å². The van der Waals surface area contributed by atoms with Crippen molar-refractivity contribution in [3.8, 4) is 12.5 Å². The second-order valence-electron chi connectivity index (χ2n) is 3.29. The zero-order valence-corrected chi connectivity index (χ0v) is 8.44. The Morgan fingerprint density at radius 2 is 2.18 bits per heavy atom. The summed E-state index contributed by atoms with van der Waals surface area (Å²) in [6.45, 7) is 5.36. The molecule has 0 bridgehead atoms. The fourth-order valence-electron chi connectivity index (χ4n) is 1.14. The Hall–Kier alpha value is -1.88. The quantitative estimate of drug-likeness (QED) is 0.799. The van der Waals surface area contributed by atoms with Crippen molar-refractivity contribution in [3.05, 3.63) is 16.6 Å². The van der Waals surface area contributed by atoms with Crippen molar-refractivity contribution in [2.75, 3.05) is 13.2 Å². The van der Waals surface area contributed by atoms with Gasteiger partial charge in [-0.3, -0.25) is 0 Å². The molecule has 2 heterocycles. The van der Waals surface area contributed by atoms with Gasteiger partial charge in [0.25, 0.3) is 0 Å². The van der Waals surface area contributed by atoms with Crippen molar-refractivity contribution in [3.63, 3.8) is 0 Å². The van der Waals surface area contributed by atoms with Crippen LogP contribution in [0.25, 0.3) is 4.85 Å². The van der Waals surface area contributed by atoms with E-state index in [0.717, 1.165) is 0 Å². The van der Waals surface area contributed by atoms with E-state index in [2.05, 4.69) is 14.8 Å². The molecule has 0 unspecified atom stereocenters. The molecule has 90 valence electrons. The molecule has 0 amide bonds. The minimum absolute atomic E-state index is 0.233. The molecule has 1 aromatic rings. The molecule has 5 nitrogen and oxygen atoms in total. The highest BCUT2D eigenvalue weighted by Crippen LogP contribution is 2.36. The van der Waals surface area contributed by atoms with Gasteiger partial charge in [-0.25, -0.2) is 0 Å². The molecule has 0 saturated carbocycles. The maximum absolute atomic E-state index is 12.6. The van der Waals surface area contributed by atoms with Crippen LogP contribution in [0.3, 0.4) is 0 Å². The number of halogens is 3. The van der Waals surface area contributed by atoms with Crippen molar-refractivity contribution in [2.45, 2.75) is 12.3 Å². The van der Waals surface area contributed by atoms with Gasteiger partial charge in [-0.15, -0.1) is 0 Å². The Morgan fingerprint density at radius 1 is 1.47 bits per heavy atom. The summed E-state index contributed by atoms with van der Waals surface area (Å²) in [7, 11) is 0. The van der Waals surface area contributed by atoms with E-state index in [9.17, 15) is 13.2 Å². The summed E-state index contributed by atoms with van der Waals surface area (Å²) in [6, 6.07) is 0. The molecule has 0 radical (unpaired) electrons. The van der Waals surface area contributed by atoms with Gasteiger partial charge in [-0.1, -0.05) is 4.98 Å². The monoisotopic (exact) mass is 246 g/mol. The van der Waals surface area contributed by atoms with Gasteiger partial charge in [0.05, 0.1) is 13.2 Å². The van der Waals surface area contributed by atoms with E-state index >= 15 is 0 Å². The van der Waals surface area contributed by atoms with Crippen molar-refractivity contribution in [1.29, 1.82) is 0 Å². The molecule has 17 heavy (non-hydrogen) atoms. The molecule has 0 aliphatic carbocycles. The number of rotatable bonds is 2. The topological polar surface area (TPSA) is 48.6 Å². The Labute approximate surface area is 94.0 Å². The highest BCUT2D eigenvalue weighted by atomic mass is 19.4. The number of alkyl halides is 3. The molecule has 1 aliphatic heterocycles. The first-order valence-electron chi connectivity index (χ1n) is 4.60. The predicted octanol–water partition coefficient (Wildman–Crippen LogP) is 1.87. The number of ether oxygens (including phenoxy) is 2. The second kappa shape index (κ2) is 4.18. The first-order valence-corrected chi connectivity index (χ1v) is 4.60.